The number of imidazole rings is 1. The number of aliphatic hydroxyl groups is 1. The Morgan fingerprint density at radius 2 is 2.08 bits per heavy atom. The Kier molecular flexibility index (Phi) is 4.87. The van der Waals surface area contributed by atoms with Crippen LogP contribution < -0.4 is 0 Å². The van der Waals surface area contributed by atoms with E-state index in [1.807, 2.05) is 18.2 Å². The molecule has 0 amide bonds. The molecule has 1 aliphatic heterocycles. The second-order valence-electron chi connectivity index (χ2n) is 7.14. The Labute approximate surface area is 141 Å². The molecule has 130 valence electrons. The number of para-hydroxylation sites is 2. The second kappa shape index (κ2) is 6.91. The number of aromatic nitrogens is 2. The van der Waals surface area contributed by atoms with E-state index < -0.39 is 12.1 Å². The zero-order valence-electron chi connectivity index (χ0n) is 14.2. The molecule has 1 aromatic carbocycles. The molecule has 1 aromatic heterocycles. The van der Waals surface area contributed by atoms with Crippen molar-refractivity contribution in [3.63, 3.8) is 0 Å². The van der Waals surface area contributed by atoms with Gasteiger partial charge in [-0.15, -0.1) is 0 Å². The first-order chi connectivity index (χ1) is 11.4. The topological polar surface area (TPSA) is 78.6 Å². The van der Waals surface area contributed by atoms with Gasteiger partial charge in [0.05, 0.1) is 30.1 Å². The molecule has 6 nitrogen and oxygen atoms in total. The van der Waals surface area contributed by atoms with E-state index in [9.17, 15) is 9.90 Å². The van der Waals surface area contributed by atoms with Crippen LogP contribution >= 0.6 is 0 Å². The maximum absolute atomic E-state index is 10.9. The molecule has 1 aliphatic rings. The summed E-state index contributed by atoms with van der Waals surface area (Å²) >= 11 is 0. The lowest BCUT2D eigenvalue weighted by molar-refractivity contribution is -0.138. The number of benzene rings is 1. The van der Waals surface area contributed by atoms with Crippen molar-refractivity contribution in [2.75, 3.05) is 13.1 Å². The van der Waals surface area contributed by atoms with Gasteiger partial charge in [-0.2, -0.15) is 0 Å². The molecule has 2 aromatic rings. The zero-order valence-corrected chi connectivity index (χ0v) is 14.2. The van der Waals surface area contributed by atoms with Gasteiger partial charge in [0.2, 0.25) is 0 Å². The number of hydrogen-bond donors (Lipinski definition) is 2. The molecule has 24 heavy (non-hydrogen) atoms. The van der Waals surface area contributed by atoms with Crippen molar-refractivity contribution < 1.29 is 15.0 Å². The molecule has 0 radical (unpaired) electrons. The fraction of sp³-hybridized carbons (Fsp3) is 0.556. The first-order valence-corrected chi connectivity index (χ1v) is 8.50. The lowest BCUT2D eigenvalue weighted by Gasteiger charge is -2.17. The Balaban J connectivity index is 1.81. The van der Waals surface area contributed by atoms with Gasteiger partial charge in [0.15, 0.2) is 0 Å². The number of β-amino-alcohol motifs (C(OH)–C–C–N with tert-alkyl or cyclic N) is 1. The van der Waals surface area contributed by atoms with Crippen LogP contribution in [0.15, 0.2) is 24.3 Å². The minimum absolute atomic E-state index is 0.0140. The smallest absolute Gasteiger partial charge is 0.303 e. The molecule has 6 heteroatoms. The predicted molar refractivity (Wildman–Crippen MR) is 91.6 cm³/mol. The van der Waals surface area contributed by atoms with E-state index in [1.54, 1.807) is 0 Å². The van der Waals surface area contributed by atoms with E-state index >= 15 is 0 Å². The maximum Gasteiger partial charge on any atom is 0.303 e. The molecule has 0 saturated carbocycles. The third-order valence-electron chi connectivity index (χ3n) is 4.57. The third kappa shape index (κ3) is 3.60. The maximum atomic E-state index is 10.9. The summed E-state index contributed by atoms with van der Waals surface area (Å²) in [6.45, 7) is 6.99. The van der Waals surface area contributed by atoms with E-state index in [-0.39, 0.29) is 12.3 Å². The molecule has 2 N–H and O–H groups in total. The number of carboxylic acid groups (broad SMARTS) is 1. The Bertz CT molecular complexity index is 725. The number of hydrogen-bond acceptors (Lipinski definition) is 4. The largest absolute Gasteiger partial charge is 0.481 e. The van der Waals surface area contributed by atoms with Crippen molar-refractivity contribution >= 4 is 17.0 Å². The lowest BCUT2D eigenvalue weighted by atomic mass is 10.0. The molecule has 2 atom stereocenters. The Morgan fingerprint density at radius 3 is 2.79 bits per heavy atom. The summed E-state index contributed by atoms with van der Waals surface area (Å²) in [6, 6.07) is 8.11. The van der Waals surface area contributed by atoms with Crippen LogP contribution in [0.2, 0.25) is 0 Å². The van der Waals surface area contributed by atoms with Crippen LogP contribution in [-0.2, 0) is 17.9 Å². The molecular formula is C18H25N3O3. The summed E-state index contributed by atoms with van der Waals surface area (Å²) in [4.78, 5) is 17.8. The van der Waals surface area contributed by atoms with E-state index in [0.717, 1.165) is 23.4 Å². The van der Waals surface area contributed by atoms with Gasteiger partial charge in [-0.05, 0) is 18.1 Å². The molecular weight excluding hydrogens is 306 g/mol. The summed E-state index contributed by atoms with van der Waals surface area (Å²) in [6.07, 6.45) is -0.566. The molecule has 0 bridgehead atoms. The minimum Gasteiger partial charge on any atom is -0.481 e. The normalized spacial score (nSPS) is 21.8. The van der Waals surface area contributed by atoms with Crippen molar-refractivity contribution in [2.45, 2.75) is 39.5 Å². The number of carboxylic acids is 1. The number of rotatable bonds is 6. The van der Waals surface area contributed by atoms with E-state index in [2.05, 4.69) is 29.4 Å². The highest BCUT2D eigenvalue weighted by atomic mass is 16.4. The van der Waals surface area contributed by atoms with Crippen LogP contribution in [-0.4, -0.2) is 49.8 Å². The second-order valence-corrected chi connectivity index (χ2v) is 7.14. The number of carbonyl (C=O) groups is 1. The summed E-state index contributed by atoms with van der Waals surface area (Å²) in [5.41, 5.74) is 2.11. The van der Waals surface area contributed by atoms with Crippen molar-refractivity contribution in [1.82, 2.24) is 14.5 Å². The SMILES string of the molecule is CC(C)Cn1c(CN2C[C@@H](CC(=O)O)[C@H](O)C2)nc2ccccc21. The molecule has 0 spiro atoms. The average molecular weight is 331 g/mol. The van der Waals surface area contributed by atoms with Crippen molar-refractivity contribution in [3.05, 3.63) is 30.1 Å². The molecule has 1 fully saturated rings. The van der Waals surface area contributed by atoms with Crippen molar-refractivity contribution in [1.29, 1.82) is 0 Å². The quantitative estimate of drug-likeness (QED) is 0.846. The molecule has 1 saturated heterocycles. The minimum atomic E-state index is -0.854. The molecule has 3 rings (SSSR count). The van der Waals surface area contributed by atoms with Crippen molar-refractivity contribution in [2.24, 2.45) is 11.8 Å². The fourth-order valence-corrected chi connectivity index (χ4v) is 3.51. The first-order valence-electron chi connectivity index (χ1n) is 8.50. The highest BCUT2D eigenvalue weighted by molar-refractivity contribution is 5.75. The molecule has 2 heterocycles. The Hall–Kier alpha value is -1.92. The van der Waals surface area contributed by atoms with Gasteiger partial charge >= 0.3 is 5.97 Å². The molecule has 0 unspecified atom stereocenters. The van der Waals surface area contributed by atoms with Crippen molar-refractivity contribution in [3.8, 4) is 0 Å². The van der Waals surface area contributed by atoms with Crippen LogP contribution in [0.1, 0.15) is 26.1 Å². The van der Waals surface area contributed by atoms with E-state index in [4.69, 9.17) is 10.1 Å². The summed E-state index contributed by atoms with van der Waals surface area (Å²) < 4.78 is 2.25. The Morgan fingerprint density at radius 1 is 1.33 bits per heavy atom. The van der Waals surface area contributed by atoms with Gasteiger partial charge in [0, 0.05) is 25.6 Å². The zero-order chi connectivity index (χ0) is 17.3. The number of aliphatic carboxylic acids is 1. The van der Waals surface area contributed by atoms with Crippen LogP contribution in [0.4, 0.5) is 0 Å². The molecule has 0 aliphatic carbocycles. The highest BCUT2D eigenvalue weighted by Crippen LogP contribution is 2.24. The van der Waals surface area contributed by atoms with Crippen LogP contribution in [0, 0.1) is 11.8 Å². The van der Waals surface area contributed by atoms with Crippen LogP contribution in [0.5, 0.6) is 0 Å². The number of fused-ring (bicyclic) bond motifs is 1. The van der Waals surface area contributed by atoms with Gasteiger partial charge in [-0.1, -0.05) is 26.0 Å². The summed E-state index contributed by atoms with van der Waals surface area (Å²) in [5.74, 6) is 0.428. The van der Waals surface area contributed by atoms with Crippen LogP contribution in [0.3, 0.4) is 0 Å². The number of aliphatic hydroxyl groups excluding tert-OH is 1. The average Bonchev–Trinajstić information content (AvgIpc) is 3.00. The first kappa shape index (κ1) is 16.9. The fourth-order valence-electron chi connectivity index (χ4n) is 3.51. The van der Waals surface area contributed by atoms with Gasteiger partial charge in [0.1, 0.15) is 5.82 Å². The van der Waals surface area contributed by atoms with Gasteiger partial charge in [-0.25, -0.2) is 4.98 Å². The third-order valence-corrected chi connectivity index (χ3v) is 4.57. The number of likely N-dealkylation sites (tertiary alicyclic amines) is 1. The van der Waals surface area contributed by atoms with Gasteiger partial charge in [-0.3, -0.25) is 9.69 Å². The lowest BCUT2D eigenvalue weighted by Crippen LogP contribution is -2.24. The highest BCUT2D eigenvalue weighted by Gasteiger charge is 2.33. The monoisotopic (exact) mass is 331 g/mol. The van der Waals surface area contributed by atoms with E-state index in [0.29, 0.717) is 25.6 Å². The number of nitrogens with zero attached hydrogens (tertiary/aromatic N) is 3. The summed E-state index contributed by atoms with van der Waals surface area (Å²) in [7, 11) is 0. The predicted octanol–water partition coefficient (Wildman–Crippen LogP) is 1.96. The van der Waals surface area contributed by atoms with Crippen LogP contribution in [0.25, 0.3) is 11.0 Å². The standard InChI is InChI=1S/C18H25N3O3/c1-12(2)8-21-15-6-4-3-5-14(15)19-17(21)11-20-9-13(7-18(23)24)16(22)10-20/h3-6,12-13,16,22H,7-11H2,1-2H3,(H,23,24)/t13-,16-/m1/s1. The van der Waals surface area contributed by atoms with Gasteiger partial charge in [0.25, 0.3) is 0 Å². The van der Waals surface area contributed by atoms with E-state index in [1.165, 1.54) is 0 Å². The van der Waals surface area contributed by atoms with Gasteiger partial charge < -0.3 is 14.8 Å². The summed E-state index contributed by atoms with van der Waals surface area (Å²) in [5, 5.41) is 19.1.